The maximum Gasteiger partial charge on any atom is 0.0764 e. The minimum absolute atomic E-state index is 0. The van der Waals surface area contributed by atoms with Crippen molar-refractivity contribution in [2.45, 2.75) is 25.5 Å². The van der Waals surface area contributed by atoms with Gasteiger partial charge in [-0.3, -0.25) is 0 Å². The van der Waals surface area contributed by atoms with Gasteiger partial charge in [-0.05, 0) is 13.8 Å². The highest BCUT2D eigenvalue weighted by atomic mass is 35.5. The summed E-state index contributed by atoms with van der Waals surface area (Å²) < 4.78 is 0. The van der Waals surface area contributed by atoms with E-state index in [0.29, 0.717) is 0 Å². The molecular formula is C5H14ClNO2. The predicted molar refractivity (Wildman–Crippen MR) is 38.6 cm³/mol. The summed E-state index contributed by atoms with van der Waals surface area (Å²) in [4.78, 5) is 0. The predicted octanol–water partition coefficient (Wildman–Crippen LogP) is -0.501. The first kappa shape index (κ1) is 11.9. The van der Waals surface area contributed by atoms with E-state index in [0.717, 1.165) is 0 Å². The third-order valence-corrected chi connectivity index (χ3v) is 1.10. The van der Waals surface area contributed by atoms with E-state index < -0.39 is 11.6 Å². The molecule has 0 bridgehead atoms. The van der Waals surface area contributed by atoms with Gasteiger partial charge < -0.3 is 15.9 Å². The molecule has 0 aliphatic carbocycles. The molecule has 0 unspecified atom stereocenters. The van der Waals surface area contributed by atoms with Gasteiger partial charge in [0.15, 0.2) is 0 Å². The van der Waals surface area contributed by atoms with Crippen LogP contribution in [0, 0.1) is 0 Å². The number of nitrogens with two attached hydrogens (primary N) is 1. The molecule has 0 aromatic heterocycles. The van der Waals surface area contributed by atoms with E-state index in [1.54, 1.807) is 13.8 Å². The molecule has 0 aliphatic heterocycles. The van der Waals surface area contributed by atoms with Crippen molar-refractivity contribution in [2.24, 2.45) is 5.73 Å². The second kappa shape index (κ2) is 4.06. The van der Waals surface area contributed by atoms with Crippen molar-refractivity contribution in [3.8, 4) is 0 Å². The molecule has 4 heteroatoms. The minimum atomic E-state index is -0.964. The molecule has 4 N–H and O–H groups in total. The van der Waals surface area contributed by atoms with Crippen molar-refractivity contribution < 1.29 is 10.2 Å². The summed E-state index contributed by atoms with van der Waals surface area (Å²) in [6.45, 7) is 2.95. The van der Waals surface area contributed by atoms with Gasteiger partial charge >= 0.3 is 0 Å². The summed E-state index contributed by atoms with van der Waals surface area (Å²) in [5.74, 6) is 0. The highest BCUT2D eigenvalue weighted by molar-refractivity contribution is 5.85. The summed E-state index contributed by atoms with van der Waals surface area (Å²) in [7, 11) is 0. The molecular weight excluding hydrogens is 142 g/mol. The lowest BCUT2D eigenvalue weighted by atomic mass is 10.0. The van der Waals surface area contributed by atoms with Crippen LogP contribution in [0.3, 0.4) is 0 Å². The van der Waals surface area contributed by atoms with E-state index in [1.807, 2.05) is 0 Å². The van der Waals surface area contributed by atoms with Gasteiger partial charge in [0.1, 0.15) is 0 Å². The maximum atomic E-state index is 9.00. The Bertz CT molecular complexity index is 71.8. The summed E-state index contributed by atoms with van der Waals surface area (Å²) >= 11 is 0. The largest absolute Gasteiger partial charge is 0.395 e. The SMILES string of the molecule is CC(C)(O)[C@@H](N)CO.Cl. The first-order valence-corrected chi connectivity index (χ1v) is 2.57. The van der Waals surface area contributed by atoms with E-state index in [-0.39, 0.29) is 19.0 Å². The molecule has 0 rings (SSSR count). The zero-order valence-corrected chi connectivity index (χ0v) is 6.48. The van der Waals surface area contributed by atoms with Crippen LogP contribution in [-0.2, 0) is 0 Å². The molecule has 0 aromatic carbocycles. The van der Waals surface area contributed by atoms with Crippen LogP contribution in [-0.4, -0.2) is 28.5 Å². The zero-order valence-electron chi connectivity index (χ0n) is 5.66. The Labute approximate surface area is 61.3 Å². The van der Waals surface area contributed by atoms with Crippen LogP contribution in [0.15, 0.2) is 0 Å². The van der Waals surface area contributed by atoms with E-state index in [4.69, 9.17) is 15.9 Å². The van der Waals surface area contributed by atoms with Gasteiger partial charge in [0.2, 0.25) is 0 Å². The van der Waals surface area contributed by atoms with Gasteiger partial charge in [-0.15, -0.1) is 12.4 Å². The molecule has 0 spiro atoms. The maximum absolute atomic E-state index is 9.00. The van der Waals surface area contributed by atoms with Crippen LogP contribution in [0.2, 0.25) is 0 Å². The minimum Gasteiger partial charge on any atom is -0.395 e. The standard InChI is InChI=1S/C5H13NO2.ClH/c1-5(2,8)4(6)3-7;/h4,7-8H,3,6H2,1-2H3;1H/t4-;/m0./s1. The van der Waals surface area contributed by atoms with Gasteiger partial charge in [-0.2, -0.15) is 0 Å². The second-order valence-electron chi connectivity index (χ2n) is 2.44. The first-order chi connectivity index (χ1) is 3.48. The number of halogens is 1. The van der Waals surface area contributed by atoms with Crippen molar-refractivity contribution in [3.63, 3.8) is 0 Å². The number of aliphatic hydroxyl groups excluding tert-OH is 1. The van der Waals surface area contributed by atoms with Gasteiger partial charge in [0.05, 0.1) is 18.2 Å². The lowest BCUT2D eigenvalue weighted by Crippen LogP contribution is -2.45. The van der Waals surface area contributed by atoms with Gasteiger partial charge in [0.25, 0.3) is 0 Å². The fourth-order valence-corrected chi connectivity index (χ4v) is 0.223. The number of rotatable bonds is 2. The Balaban J connectivity index is 0. The molecule has 0 saturated carbocycles. The van der Waals surface area contributed by atoms with E-state index >= 15 is 0 Å². The summed E-state index contributed by atoms with van der Waals surface area (Å²) in [6, 6.07) is -0.539. The number of aliphatic hydroxyl groups is 2. The smallest absolute Gasteiger partial charge is 0.0764 e. The third kappa shape index (κ3) is 4.66. The van der Waals surface area contributed by atoms with Crippen LogP contribution >= 0.6 is 12.4 Å². The average Bonchev–Trinajstić information content (AvgIpc) is 1.62. The topological polar surface area (TPSA) is 66.5 Å². The molecule has 1 atom stereocenters. The van der Waals surface area contributed by atoms with Crippen molar-refractivity contribution in [3.05, 3.63) is 0 Å². The Morgan fingerprint density at radius 3 is 1.89 bits per heavy atom. The molecule has 0 saturated heterocycles. The van der Waals surface area contributed by atoms with Crippen LogP contribution < -0.4 is 5.73 Å². The Kier molecular flexibility index (Phi) is 5.37. The van der Waals surface area contributed by atoms with Crippen molar-refractivity contribution in [1.82, 2.24) is 0 Å². The number of hydrogen-bond acceptors (Lipinski definition) is 3. The molecule has 0 amide bonds. The average molecular weight is 156 g/mol. The Morgan fingerprint density at radius 2 is 1.89 bits per heavy atom. The monoisotopic (exact) mass is 155 g/mol. The van der Waals surface area contributed by atoms with E-state index in [9.17, 15) is 0 Å². The first-order valence-electron chi connectivity index (χ1n) is 2.57. The summed E-state index contributed by atoms with van der Waals surface area (Å²) in [5, 5.41) is 17.4. The van der Waals surface area contributed by atoms with Gasteiger partial charge in [0, 0.05) is 0 Å². The van der Waals surface area contributed by atoms with Crippen LogP contribution in [0.25, 0.3) is 0 Å². The normalized spacial score (nSPS) is 14.3. The van der Waals surface area contributed by atoms with Crippen molar-refractivity contribution in [1.29, 1.82) is 0 Å². The Hall–Kier alpha value is 0.170. The van der Waals surface area contributed by atoms with Crippen LogP contribution in [0.4, 0.5) is 0 Å². The van der Waals surface area contributed by atoms with Crippen LogP contribution in [0.5, 0.6) is 0 Å². The van der Waals surface area contributed by atoms with Gasteiger partial charge in [-0.1, -0.05) is 0 Å². The highest BCUT2D eigenvalue weighted by Gasteiger charge is 2.21. The third-order valence-electron chi connectivity index (χ3n) is 1.10. The molecule has 0 aromatic rings. The van der Waals surface area contributed by atoms with E-state index in [1.165, 1.54) is 0 Å². The van der Waals surface area contributed by atoms with Gasteiger partial charge in [-0.25, -0.2) is 0 Å². The molecule has 3 nitrogen and oxygen atoms in total. The van der Waals surface area contributed by atoms with Crippen molar-refractivity contribution >= 4 is 12.4 Å². The summed E-state index contributed by atoms with van der Waals surface area (Å²) in [6.07, 6.45) is 0. The molecule has 0 aliphatic rings. The zero-order chi connectivity index (χ0) is 6.78. The summed E-state index contributed by atoms with van der Waals surface area (Å²) in [5.41, 5.74) is 4.29. The highest BCUT2D eigenvalue weighted by Crippen LogP contribution is 2.03. The Morgan fingerprint density at radius 1 is 1.56 bits per heavy atom. The van der Waals surface area contributed by atoms with E-state index in [2.05, 4.69) is 0 Å². The molecule has 0 radical (unpaired) electrons. The fraction of sp³-hybridized carbons (Fsp3) is 1.00. The lowest BCUT2D eigenvalue weighted by Gasteiger charge is -2.22. The quantitative estimate of drug-likeness (QED) is 0.504. The molecule has 58 valence electrons. The van der Waals surface area contributed by atoms with Crippen LogP contribution in [0.1, 0.15) is 13.8 Å². The van der Waals surface area contributed by atoms with Crippen molar-refractivity contribution in [2.75, 3.05) is 6.61 Å². The molecule has 0 heterocycles. The second-order valence-corrected chi connectivity index (χ2v) is 2.44. The fourth-order valence-electron chi connectivity index (χ4n) is 0.223. The number of hydrogen-bond donors (Lipinski definition) is 3. The molecule has 9 heavy (non-hydrogen) atoms. The lowest BCUT2D eigenvalue weighted by molar-refractivity contribution is 0.0302. The molecule has 0 fully saturated rings.